The fourth-order valence-corrected chi connectivity index (χ4v) is 2.79. The van der Waals surface area contributed by atoms with E-state index >= 15 is 0 Å². The molecule has 1 fully saturated rings. The Morgan fingerprint density at radius 2 is 1.95 bits per heavy atom. The largest absolute Gasteiger partial charge is 0.492 e. The van der Waals surface area contributed by atoms with Crippen molar-refractivity contribution in [3.05, 3.63) is 28.2 Å². The van der Waals surface area contributed by atoms with Crippen LogP contribution in [0.15, 0.2) is 22.7 Å². The van der Waals surface area contributed by atoms with Crippen molar-refractivity contribution in [3.63, 3.8) is 0 Å². The smallest absolute Gasteiger partial charge is 0.250 e. The number of hydrogen-bond acceptors (Lipinski definition) is 3. The third-order valence-corrected chi connectivity index (χ3v) is 3.77. The molecule has 112 valence electrons. The number of alkyl halides is 2. The summed E-state index contributed by atoms with van der Waals surface area (Å²) in [4.78, 5) is 2.05. The number of likely N-dealkylation sites (tertiary alicyclic amines) is 1. The van der Waals surface area contributed by atoms with E-state index < -0.39 is 5.92 Å². The van der Waals surface area contributed by atoms with Gasteiger partial charge in [-0.15, -0.1) is 0 Å². The molecule has 0 unspecified atom stereocenters. The Labute approximate surface area is 126 Å². The van der Waals surface area contributed by atoms with Crippen LogP contribution in [0, 0.1) is 0 Å². The molecule has 6 heteroatoms. The van der Waals surface area contributed by atoms with Gasteiger partial charge in [-0.1, -0.05) is 15.9 Å². The summed E-state index contributed by atoms with van der Waals surface area (Å²) in [6, 6.07) is 5.80. The van der Waals surface area contributed by atoms with E-state index in [0.717, 1.165) is 15.8 Å². The second-order valence-corrected chi connectivity index (χ2v) is 5.98. The molecular formula is C14H19BrF2N2O. The highest BCUT2D eigenvalue weighted by atomic mass is 79.9. The lowest BCUT2D eigenvalue weighted by Crippen LogP contribution is -2.38. The number of hydrogen-bond donors (Lipinski definition) is 1. The molecule has 0 radical (unpaired) electrons. The first kappa shape index (κ1) is 15.7. The summed E-state index contributed by atoms with van der Waals surface area (Å²) in [5.41, 5.74) is 6.46. The summed E-state index contributed by atoms with van der Waals surface area (Å²) in [5.74, 6) is -1.74. The van der Waals surface area contributed by atoms with Crippen LogP contribution < -0.4 is 10.5 Å². The van der Waals surface area contributed by atoms with E-state index in [1.807, 2.05) is 23.1 Å². The number of benzene rings is 1. The highest BCUT2D eigenvalue weighted by molar-refractivity contribution is 9.10. The third-order valence-electron chi connectivity index (χ3n) is 3.31. The number of ether oxygens (including phenoxy) is 1. The van der Waals surface area contributed by atoms with Crippen LogP contribution >= 0.6 is 15.9 Å². The average Bonchev–Trinajstić information content (AvgIpc) is 2.38. The first-order valence-electron chi connectivity index (χ1n) is 6.71. The number of halogens is 3. The molecule has 1 aromatic rings. The van der Waals surface area contributed by atoms with Crippen LogP contribution in [0.5, 0.6) is 5.75 Å². The van der Waals surface area contributed by atoms with Crippen LogP contribution in [-0.4, -0.2) is 37.1 Å². The van der Waals surface area contributed by atoms with Gasteiger partial charge in [0.1, 0.15) is 12.4 Å². The van der Waals surface area contributed by atoms with E-state index in [4.69, 9.17) is 10.5 Å². The van der Waals surface area contributed by atoms with E-state index in [0.29, 0.717) is 32.8 Å². The maximum Gasteiger partial charge on any atom is 0.250 e. The van der Waals surface area contributed by atoms with Crippen LogP contribution in [0.1, 0.15) is 18.4 Å². The van der Waals surface area contributed by atoms with Crippen molar-refractivity contribution in [2.24, 2.45) is 5.73 Å². The van der Waals surface area contributed by atoms with E-state index in [9.17, 15) is 8.78 Å². The fourth-order valence-electron chi connectivity index (χ4n) is 2.27. The number of nitrogens with zero attached hydrogens (tertiary/aromatic N) is 1. The minimum absolute atomic E-state index is 0.0580. The van der Waals surface area contributed by atoms with Gasteiger partial charge in [-0.25, -0.2) is 8.78 Å². The summed E-state index contributed by atoms with van der Waals surface area (Å²) < 4.78 is 32.7. The molecule has 0 saturated carbocycles. The Morgan fingerprint density at radius 3 is 2.60 bits per heavy atom. The maximum absolute atomic E-state index is 13.1. The second-order valence-electron chi connectivity index (χ2n) is 5.06. The third kappa shape index (κ3) is 4.68. The normalized spacial score (nSPS) is 19.0. The van der Waals surface area contributed by atoms with Gasteiger partial charge in [0.05, 0.1) is 0 Å². The van der Waals surface area contributed by atoms with Crippen molar-refractivity contribution in [2.75, 3.05) is 26.2 Å². The van der Waals surface area contributed by atoms with E-state index in [-0.39, 0.29) is 12.8 Å². The lowest BCUT2D eigenvalue weighted by atomic mass is 10.1. The van der Waals surface area contributed by atoms with Gasteiger partial charge >= 0.3 is 0 Å². The zero-order valence-electron chi connectivity index (χ0n) is 11.2. The van der Waals surface area contributed by atoms with Crippen LogP contribution in [0.25, 0.3) is 0 Å². The lowest BCUT2D eigenvalue weighted by Gasteiger charge is -2.31. The zero-order chi connectivity index (χ0) is 14.6. The molecule has 0 bridgehead atoms. The molecule has 1 saturated heterocycles. The molecule has 0 spiro atoms. The Hall–Kier alpha value is -0.720. The summed E-state index contributed by atoms with van der Waals surface area (Å²) in [7, 11) is 0. The molecule has 0 atom stereocenters. The maximum atomic E-state index is 13.1. The number of piperidine rings is 1. The first-order chi connectivity index (χ1) is 9.48. The van der Waals surface area contributed by atoms with Crippen LogP contribution in [0.2, 0.25) is 0 Å². The summed E-state index contributed by atoms with van der Waals surface area (Å²) in [6.45, 7) is 2.44. The van der Waals surface area contributed by atoms with Gasteiger partial charge in [0.2, 0.25) is 0 Å². The zero-order valence-corrected chi connectivity index (χ0v) is 12.8. The summed E-state index contributed by atoms with van der Waals surface area (Å²) >= 11 is 3.44. The van der Waals surface area contributed by atoms with Gasteiger partial charge in [-0.2, -0.15) is 0 Å². The monoisotopic (exact) mass is 348 g/mol. The molecular weight excluding hydrogens is 330 g/mol. The predicted molar refractivity (Wildman–Crippen MR) is 78.1 cm³/mol. The topological polar surface area (TPSA) is 38.5 Å². The highest BCUT2D eigenvalue weighted by Gasteiger charge is 2.33. The van der Waals surface area contributed by atoms with Gasteiger partial charge in [0.15, 0.2) is 0 Å². The Morgan fingerprint density at radius 1 is 1.25 bits per heavy atom. The quantitative estimate of drug-likeness (QED) is 0.888. The SMILES string of the molecule is NCCOc1cc(Br)cc(CN2CCC(F)(F)CC2)c1. The van der Waals surface area contributed by atoms with Crippen LogP contribution in [0.3, 0.4) is 0 Å². The molecule has 0 aromatic heterocycles. The molecule has 1 aliphatic rings. The number of nitrogens with two attached hydrogens (primary N) is 1. The molecule has 3 nitrogen and oxygen atoms in total. The van der Waals surface area contributed by atoms with Gasteiger partial charge < -0.3 is 10.5 Å². The summed E-state index contributed by atoms with van der Waals surface area (Å²) in [6.07, 6.45) is -0.116. The molecule has 2 rings (SSSR count). The first-order valence-corrected chi connectivity index (χ1v) is 7.50. The minimum atomic E-state index is -2.50. The molecule has 1 aliphatic heterocycles. The summed E-state index contributed by atoms with van der Waals surface area (Å²) in [5, 5.41) is 0. The van der Waals surface area contributed by atoms with E-state index in [1.54, 1.807) is 0 Å². The van der Waals surface area contributed by atoms with Crippen molar-refractivity contribution >= 4 is 15.9 Å². The predicted octanol–water partition coefficient (Wildman–Crippen LogP) is 3.02. The Bertz CT molecular complexity index is 447. The van der Waals surface area contributed by atoms with Crippen LogP contribution in [-0.2, 0) is 6.54 Å². The minimum Gasteiger partial charge on any atom is -0.492 e. The van der Waals surface area contributed by atoms with Gasteiger partial charge in [-0.05, 0) is 23.8 Å². The van der Waals surface area contributed by atoms with E-state index in [1.165, 1.54) is 0 Å². The van der Waals surface area contributed by atoms with Crippen molar-refractivity contribution in [2.45, 2.75) is 25.3 Å². The second kappa shape index (κ2) is 6.83. The van der Waals surface area contributed by atoms with Gasteiger partial charge in [0, 0.05) is 43.5 Å². The van der Waals surface area contributed by atoms with Crippen LogP contribution in [0.4, 0.5) is 8.78 Å². The van der Waals surface area contributed by atoms with Crippen molar-refractivity contribution < 1.29 is 13.5 Å². The molecule has 20 heavy (non-hydrogen) atoms. The molecule has 1 heterocycles. The molecule has 0 aliphatic carbocycles. The van der Waals surface area contributed by atoms with Crippen molar-refractivity contribution in [3.8, 4) is 5.75 Å². The van der Waals surface area contributed by atoms with Gasteiger partial charge in [0.25, 0.3) is 5.92 Å². The number of rotatable bonds is 5. The Kier molecular flexibility index (Phi) is 5.35. The average molecular weight is 349 g/mol. The van der Waals surface area contributed by atoms with Crippen molar-refractivity contribution in [1.82, 2.24) is 4.90 Å². The molecule has 0 amide bonds. The fraction of sp³-hybridized carbons (Fsp3) is 0.571. The lowest BCUT2D eigenvalue weighted by molar-refractivity contribution is -0.0566. The Balaban J connectivity index is 1.97. The van der Waals surface area contributed by atoms with E-state index in [2.05, 4.69) is 15.9 Å². The van der Waals surface area contributed by atoms with Gasteiger partial charge in [-0.3, -0.25) is 4.90 Å². The standard InChI is InChI=1S/C14H19BrF2N2O/c15-12-7-11(8-13(9-12)20-6-3-18)10-19-4-1-14(16,17)2-5-19/h7-9H,1-6,10,18H2. The molecule has 2 N–H and O–H groups in total. The van der Waals surface area contributed by atoms with Crippen molar-refractivity contribution in [1.29, 1.82) is 0 Å². The molecule has 1 aromatic carbocycles. The highest BCUT2D eigenvalue weighted by Crippen LogP contribution is 2.29.